The lowest BCUT2D eigenvalue weighted by Gasteiger charge is -2.31. The van der Waals surface area contributed by atoms with Crippen molar-refractivity contribution < 1.29 is 4.74 Å². The molecule has 0 bridgehead atoms. The van der Waals surface area contributed by atoms with Crippen molar-refractivity contribution in [2.45, 2.75) is 32.7 Å². The zero-order valence-corrected chi connectivity index (χ0v) is 11.9. The second-order valence-corrected chi connectivity index (χ2v) is 4.53. The molecule has 2 N–H and O–H groups in total. The summed E-state index contributed by atoms with van der Waals surface area (Å²) in [6.45, 7) is 7.19. The van der Waals surface area contributed by atoms with E-state index in [1.165, 1.54) is 5.56 Å². The fourth-order valence-corrected chi connectivity index (χ4v) is 2.41. The van der Waals surface area contributed by atoms with E-state index in [-0.39, 0.29) is 6.04 Å². The second kappa shape index (κ2) is 8.11. The molecule has 18 heavy (non-hydrogen) atoms. The minimum Gasteiger partial charge on any atom is -0.496 e. The number of para-hydroxylation sites is 1. The third kappa shape index (κ3) is 3.72. The summed E-state index contributed by atoms with van der Waals surface area (Å²) in [6.07, 6.45) is 2.29. The minimum absolute atomic E-state index is 0.251. The SMILES string of the molecule is CCCN(CCC)C(CN)c1ccccc1OC. The summed E-state index contributed by atoms with van der Waals surface area (Å²) in [5.41, 5.74) is 7.19. The lowest BCUT2D eigenvalue weighted by molar-refractivity contribution is 0.198. The molecule has 1 rings (SSSR count). The summed E-state index contributed by atoms with van der Waals surface area (Å²) < 4.78 is 5.45. The number of benzene rings is 1. The predicted octanol–water partition coefficient (Wildman–Crippen LogP) is 2.82. The predicted molar refractivity (Wildman–Crippen MR) is 76.9 cm³/mol. The summed E-state index contributed by atoms with van der Waals surface area (Å²) in [4.78, 5) is 2.46. The van der Waals surface area contributed by atoms with Gasteiger partial charge in [-0.2, -0.15) is 0 Å². The number of nitrogens with zero attached hydrogens (tertiary/aromatic N) is 1. The summed E-state index contributed by atoms with van der Waals surface area (Å²) in [5.74, 6) is 0.935. The first-order valence-corrected chi connectivity index (χ1v) is 6.85. The molecule has 0 spiro atoms. The molecule has 0 aliphatic rings. The van der Waals surface area contributed by atoms with Gasteiger partial charge in [0.2, 0.25) is 0 Å². The van der Waals surface area contributed by atoms with E-state index in [9.17, 15) is 0 Å². The van der Waals surface area contributed by atoms with Crippen LogP contribution in [0.25, 0.3) is 0 Å². The van der Waals surface area contributed by atoms with Crippen molar-refractivity contribution in [2.75, 3.05) is 26.7 Å². The highest BCUT2D eigenvalue weighted by molar-refractivity contribution is 5.36. The van der Waals surface area contributed by atoms with Crippen LogP contribution in [0.15, 0.2) is 24.3 Å². The van der Waals surface area contributed by atoms with E-state index in [0.29, 0.717) is 6.54 Å². The van der Waals surface area contributed by atoms with Crippen LogP contribution in [0.2, 0.25) is 0 Å². The molecular formula is C15H26N2O. The second-order valence-electron chi connectivity index (χ2n) is 4.53. The largest absolute Gasteiger partial charge is 0.496 e. The summed E-state index contributed by atoms with van der Waals surface area (Å²) in [7, 11) is 1.72. The van der Waals surface area contributed by atoms with Crippen LogP contribution in [-0.4, -0.2) is 31.6 Å². The molecule has 3 heteroatoms. The molecule has 0 heterocycles. The Morgan fingerprint density at radius 3 is 2.28 bits per heavy atom. The standard InChI is InChI=1S/C15H26N2O/c1-4-10-17(11-5-2)14(12-16)13-8-6-7-9-15(13)18-3/h6-9,14H,4-5,10-12,16H2,1-3H3. The highest BCUT2D eigenvalue weighted by Gasteiger charge is 2.20. The minimum atomic E-state index is 0.251. The van der Waals surface area contributed by atoms with E-state index >= 15 is 0 Å². The molecule has 0 amide bonds. The zero-order chi connectivity index (χ0) is 13.4. The van der Waals surface area contributed by atoms with Crippen molar-refractivity contribution in [2.24, 2.45) is 5.73 Å². The Morgan fingerprint density at radius 1 is 1.17 bits per heavy atom. The maximum Gasteiger partial charge on any atom is 0.123 e. The van der Waals surface area contributed by atoms with Crippen molar-refractivity contribution in [3.05, 3.63) is 29.8 Å². The fourth-order valence-electron chi connectivity index (χ4n) is 2.41. The molecule has 1 unspecified atom stereocenters. The van der Waals surface area contributed by atoms with Crippen molar-refractivity contribution in [1.82, 2.24) is 4.90 Å². The van der Waals surface area contributed by atoms with Crippen LogP contribution >= 0.6 is 0 Å². The molecular weight excluding hydrogens is 224 g/mol. The van der Waals surface area contributed by atoms with E-state index in [4.69, 9.17) is 10.5 Å². The summed E-state index contributed by atoms with van der Waals surface area (Å²) in [6, 6.07) is 8.43. The first-order chi connectivity index (χ1) is 8.78. The van der Waals surface area contributed by atoms with Crippen LogP contribution in [0.3, 0.4) is 0 Å². The molecule has 3 nitrogen and oxygen atoms in total. The molecule has 0 fully saturated rings. The van der Waals surface area contributed by atoms with Crippen molar-refractivity contribution >= 4 is 0 Å². The van der Waals surface area contributed by atoms with E-state index < -0.39 is 0 Å². The maximum absolute atomic E-state index is 5.99. The maximum atomic E-state index is 5.99. The Labute approximate surface area is 111 Å². The molecule has 0 radical (unpaired) electrons. The Hall–Kier alpha value is -1.06. The molecule has 1 aromatic carbocycles. The van der Waals surface area contributed by atoms with E-state index in [1.807, 2.05) is 12.1 Å². The molecule has 0 aliphatic heterocycles. The van der Waals surface area contributed by atoms with Crippen LogP contribution in [0.5, 0.6) is 5.75 Å². The van der Waals surface area contributed by atoms with Gasteiger partial charge < -0.3 is 10.5 Å². The van der Waals surface area contributed by atoms with Gasteiger partial charge in [-0.05, 0) is 32.0 Å². The number of methoxy groups -OCH3 is 1. The first-order valence-electron chi connectivity index (χ1n) is 6.85. The third-order valence-corrected chi connectivity index (χ3v) is 3.18. The van der Waals surface area contributed by atoms with Crippen LogP contribution in [-0.2, 0) is 0 Å². The smallest absolute Gasteiger partial charge is 0.123 e. The normalized spacial score (nSPS) is 12.7. The fraction of sp³-hybridized carbons (Fsp3) is 0.600. The molecule has 0 aliphatic carbocycles. The quantitative estimate of drug-likeness (QED) is 0.771. The van der Waals surface area contributed by atoms with E-state index in [2.05, 4.69) is 30.9 Å². The molecule has 102 valence electrons. The third-order valence-electron chi connectivity index (χ3n) is 3.18. The summed E-state index contributed by atoms with van der Waals surface area (Å²) in [5, 5.41) is 0. The van der Waals surface area contributed by atoms with Gasteiger partial charge in [-0.3, -0.25) is 4.90 Å². The van der Waals surface area contributed by atoms with Crippen LogP contribution in [0.1, 0.15) is 38.3 Å². The van der Waals surface area contributed by atoms with Crippen LogP contribution in [0, 0.1) is 0 Å². The topological polar surface area (TPSA) is 38.5 Å². The Kier molecular flexibility index (Phi) is 6.76. The van der Waals surface area contributed by atoms with Gasteiger partial charge in [0.05, 0.1) is 13.2 Å². The van der Waals surface area contributed by atoms with Crippen LogP contribution in [0.4, 0.5) is 0 Å². The van der Waals surface area contributed by atoms with Gasteiger partial charge in [0, 0.05) is 12.1 Å². The lowest BCUT2D eigenvalue weighted by atomic mass is 10.0. The Bertz CT molecular complexity index is 335. The van der Waals surface area contributed by atoms with Gasteiger partial charge >= 0.3 is 0 Å². The average molecular weight is 250 g/mol. The zero-order valence-electron chi connectivity index (χ0n) is 11.9. The van der Waals surface area contributed by atoms with Gasteiger partial charge in [0.15, 0.2) is 0 Å². The van der Waals surface area contributed by atoms with Crippen molar-refractivity contribution in [3.8, 4) is 5.75 Å². The number of hydrogen-bond acceptors (Lipinski definition) is 3. The molecule has 0 saturated carbocycles. The van der Waals surface area contributed by atoms with Gasteiger partial charge in [0.25, 0.3) is 0 Å². The Morgan fingerprint density at radius 2 is 1.78 bits per heavy atom. The molecule has 0 saturated heterocycles. The molecule has 1 atom stereocenters. The first kappa shape index (κ1) is 15.0. The van der Waals surface area contributed by atoms with E-state index in [1.54, 1.807) is 7.11 Å². The van der Waals surface area contributed by atoms with Gasteiger partial charge in [-0.1, -0.05) is 32.0 Å². The van der Waals surface area contributed by atoms with Gasteiger partial charge in [-0.25, -0.2) is 0 Å². The average Bonchev–Trinajstić information content (AvgIpc) is 2.40. The summed E-state index contributed by atoms with van der Waals surface area (Å²) >= 11 is 0. The Balaban J connectivity index is 2.98. The lowest BCUT2D eigenvalue weighted by Crippen LogP contribution is -2.35. The van der Waals surface area contributed by atoms with Crippen molar-refractivity contribution in [1.29, 1.82) is 0 Å². The number of ether oxygens (including phenoxy) is 1. The highest BCUT2D eigenvalue weighted by atomic mass is 16.5. The van der Waals surface area contributed by atoms with Crippen LogP contribution < -0.4 is 10.5 Å². The molecule has 1 aromatic rings. The van der Waals surface area contributed by atoms with E-state index in [0.717, 1.165) is 31.7 Å². The van der Waals surface area contributed by atoms with Crippen molar-refractivity contribution in [3.63, 3.8) is 0 Å². The number of rotatable bonds is 8. The highest BCUT2D eigenvalue weighted by Crippen LogP contribution is 2.28. The number of nitrogens with two attached hydrogens (primary N) is 1. The number of hydrogen-bond donors (Lipinski definition) is 1. The monoisotopic (exact) mass is 250 g/mol. The molecule has 0 aromatic heterocycles. The van der Waals surface area contributed by atoms with Gasteiger partial charge in [-0.15, -0.1) is 0 Å². The van der Waals surface area contributed by atoms with Gasteiger partial charge in [0.1, 0.15) is 5.75 Å².